The van der Waals surface area contributed by atoms with Gasteiger partial charge in [-0.2, -0.15) is 9.97 Å². The Morgan fingerprint density at radius 3 is 2.44 bits per heavy atom. The van der Waals surface area contributed by atoms with Crippen molar-refractivity contribution in [1.82, 2.24) is 9.97 Å². The van der Waals surface area contributed by atoms with Crippen LogP contribution in [0.15, 0.2) is 4.99 Å². The summed E-state index contributed by atoms with van der Waals surface area (Å²) in [5, 5.41) is 1.09. The number of nitrogens with zero attached hydrogens (tertiary/aromatic N) is 4. The van der Waals surface area contributed by atoms with Gasteiger partial charge in [-0.3, -0.25) is 4.99 Å². The van der Waals surface area contributed by atoms with Gasteiger partial charge in [-0.25, -0.2) is 0 Å². The molecule has 8 heteroatoms. The van der Waals surface area contributed by atoms with Crippen LogP contribution in [0.4, 0.5) is 17.3 Å². The van der Waals surface area contributed by atoms with Crippen molar-refractivity contribution in [1.29, 1.82) is 0 Å². The molecule has 0 atom stereocenters. The molecule has 1 rings (SSSR count). The Kier molecular flexibility index (Phi) is 12.8. The van der Waals surface area contributed by atoms with Gasteiger partial charge in [0.05, 0.1) is 6.61 Å². The lowest BCUT2D eigenvalue weighted by Crippen LogP contribution is -2.28. The fourth-order valence-corrected chi connectivity index (χ4v) is 3.07. The van der Waals surface area contributed by atoms with Crippen LogP contribution in [0.5, 0.6) is 6.01 Å². The second-order valence-electron chi connectivity index (χ2n) is 6.42. The van der Waals surface area contributed by atoms with Gasteiger partial charge in [0, 0.05) is 19.0 Å². The number of ether oxygens (including phenoxy) is 2. The topological polar surface area (TPSA) is 85.9 Å². The zero-order chi connectivity index (χ0) is 19.9. The zero-order valence-corrected chi connectivity index (χ0v) is 18.3. The number of aromatic nitrogens is 2. The lowest BCUT2D eigenvalue weighted by atomic mass is 10.1. The Bertz CT molecular complexity index is 545. The molecule has 154 valence electrons. The molecule has 1 aromatic rings. The van der Waals surface area contributed by atoms with Gasteiger partial charge in [0.2, 0.25) is 0 Å². The van der Waals surface area contributed by atoms with Crippen molar-refractivity contribution < 1.29 is 9.47 Å². The summed E-state index contributed by atoms with van der Waals surface area (Å²) in [5.74, 6) is 0.891. The summed E-state index contributed by atoms with van der Waals surface area (Å²) in [5.41, 5.74) is 6.54. The summed E-state index contributed by atoms with van der Waals surface area (Å²) in [6, 6.07) is 0.277. The first-order valence-corrected chi connectivity index (χ1v) is 10.9. The van der Waals surface area contributed by atoms with Gasteiger partial charge < -0.3 is 20.1 Å². The van der Waals surface area contributed by atoms with Crippen molar-refractivity contribution in [3.8, 4) is 6.01 Å². The van der Waals surface area contributed by atoms with E-state index in [1.165, 1.54) is 32.1 Å². The van der Waals surface area contributed by atoms with Crippen molar-refractivity contribution in [2.75, 3.05) is 43.0 Å². The molecule has 0 spiro atoms. The minimum atomic E-state index is 0.275. The molecule has 0 bridgehead atoms. The normalized spacial score (nSPS) is 10.8. The molecule has 1 aromatic heterocycles. The van der Waals surface area contributed by atoms with Crippen LogP contribution in [0.2, 0.25) is 0 Å². The number of nitrogen functional groups attached to an aromatic ring is 1. The Morgan fingerprint density at radius 1 is 1.11 bits per heavy atom. The highest BCUT2D eigenvalue weighted by Gasteiger charge is 2.18. The first kappa shape index (κ1) is 23.6. The molecule has 0 amide bonds. The molecule has 0 fully saturated rings. The predicted octanol–water partition coefficient (Wildman–Crippen LogP) is 4.72. The molecule has 0 aliphatic carbocycles. The number of unbranched alkanes of at least 4 members (excludes halogenated alkanes) is 6. The highest BCUT2D eigenvalue weighted by Crippen LogP contribution is 2.33. The van der Waals surface area contributed by atoms with Crippen LogP contribution in [0.1, 0.15) is 58.3 Å². The highest BCUT2D eigenvalue weighted by atomic mass is 79.9. The lowest BCUT2D eigenvalue weighted by molar-refractivity contribution is 0.196. The number of rotatable bonds is 16. The number of hydrogen-bond donors (Lipinski definition) is 1. The Morgan fingerprint density at radius 2 is 1.81 bits per heavy atom. The van der Waals surface area contributed by atoms with E-state index in [-0.39, 0.29) is 11.8 Å². The average Bonchev–Trinajstić information content (AvgIpc) is 2.66. The molecule has 0 unspecified atom stereocenters. The third-order valence-electron chi connectivity index (χ3n) is 4.16. The van der Waals surface area contributed by atoms with Gasteiger partial charge in [-0.15, -0.1) is 0 Å². The van der Waals surface area contributed by atoms with Crippen LogP contribution < -0.4 is 15.4 Å². The first-order chi connectivity index (χ1) is 13.2. The smallest absolute Gasteiger partial charge is 0.320 e. The summed E-state index contributed by atoms with van der Waals surface area (Å²) >= 11 is 3.47. The fourth-order valence-electron chi connectivity index (χ4n) is 2.68. The standard InChI is InChI=1S/C19H34BrN5O2/c1-4-5-14-27-19-23-17(21)16(22-2)18(24-19)25(15-26-3)13-11-9-7-6-8-10-12-20/h2,4-15H2,1,3H3,(H2,21,23,24). The Balaban J connectivity index is 2.76. The summed E-state index contributed by atoms with van der Waals surface area (Å²) < 4.78 is 11.0. The molecular formula is C19H34BrN5O2. The largest absolute Gasteiger partial charge is 0.463 e. The van der Waals surface area contributed by atoms with Crippen LogP contribution in [0, 0.1) is 0 Å². The molecular weight excluding hydrogens is 410 g/mol. The molecule has 0 saturated carbocycles. The molecule has 7 nitrogen and oxygen atoms in total. The highest BCUT2D eigenvalue weighted by molar-refractivity contribution is 9.09. The van der Waals surface area contributed by atoms with Crippen molar-refractivity contribution in [3.05, 3.63) is 0 Å². The van der Waals surface area contributed by atoms with E-state index in [1.54, 1.807) is 7.11 Å². The summed E-state index contributed by atoms with van der Waals surface area (Å²) in [7, 11) is 1.66. The molecule has 0 aliphatic heterocycles. The van der Waals surface area contributed by atoms with Gasteiger partial charge >= 0.3 is 6.01 Å². The fraction of sp³-hybridized carbons (Fsp3) is 0.737. The number of anilines is 2. The molecule has 0 saturated heterocycles. The Labute approximate surface area is 171 Å². The van der Waals surface area contributed by atoms with Crippen LogP contribution in [0.3, 0.4) is 0 Å². The second kappa shape index (κ2) is 14.6. The third kappa shape index (κ3) is 8.88. The molecule has 2 N–H and O–H groups in total. The zero-order valence-electron chi connectivity index (χ0n) is 16.8. The quantitative estimate of drug-likeness (QED) is 0.172. The van der Waals surface area contributed by atoms with Gasteiger partial charge in [-0.1, -0.05) is 55.0 Å². The molecule has 0 radical (unpaired) electrons. The number of nitrogens with two attached hydrogens (primary N) is 1. The number of halogens is 1. The molecule has 0 aromatic carbocycles. The van der Waals surface area contributed by atoms with Crippen LogP contribution in [-0.2, 0) is 4.74 Å². The first-order valence-electron chi connectivity index (χ1n) is 9.74. The maximum Gasteiger partial charge on any atom is 0.320 e. The van der Waals surface area contributed by atoms with Crippen molar-refractivity contribution in [2.45, 2.75) is 58.3 Å². The van der Waals surface area contributed by atoms with Crippen LogP contribution >= 0.6 is 15.9 Å². The van der Waals surface area contributed by atoms with Crippen molar-refractivity contribution in [3.63, 3.8) is 0 Å². The van der Waals surface area contributed by atoms with E-state index >= 15 is 0 Å². The second-order valence-corrected chi connectivity index (χ2v) is 7.21. The van der Waals surface area contributed by atoms with E-state index in [2.05, 4.69) is 44.5 Å². The van der Waals surface area contributed by atoms with Gasteiger partial charge in [0.15, 0.2) is 11.6 Å². The third-order valence-corrected chi connectivity index (χ3v) is 4.72. The summed E-state index contributed by atoms with van der Waals surface area (Å²) in [4.78, 5) is 14.8. The van der Waals surface area contributed by atoms with E-state index < -0.39 is 0 Å². The maximum atomic E-state index is 6.06. The van der Waals surface area contributed by atoms with E-state index in [0.29, 0.717) is 24.8 Å². The van der Waals surface area contributed by atoms with Gasteiger partial charge in [-0.05, 0) is 26.0 Å². The maximum absolute atomic E-state index is 6.06. The molecule has 1 heterocycles. The minimum absolute atomic E-state index is 0.275. The number of hydrogen-bond acceptors (Lipinski definition) is 7. The van der Waals surface area contributed by atoms with Gasteiger partial charge in [0.25, 0.3) is 0 Å². The number of methoxy groups -OCH3 is 1. The Hall–Kier alpha value is -1.41. The predicted molar refractivity (Wildman–Crippen MR) is 117 cm³/mol. The van der Waals surface area contributed by atoms with Gasteiger partial charge in [0.1, 0.15) is 12.4 Å². The van der Waals surface area contributed by atoms with Crippen molar-refractivity contribution >= 4 is 40.0 Å². The van der Waals surface area contributed by atoms with E-state index in [4.69, 9.17) is 15.2 Å². The monoisotopic (exact) mass is 443 g/mol. The lowest BCUT2D eigenvalue weighted by Gasteiger charge is -2.24. The summed E-state index contributed by atoms with van der Waals surface area (Å²) in [6.07, 6.45) is 9.22. The minimum Gasteiger partial charge on any atom is -0.463 e. The number of aliphatic imine (C=N–C) groups is 1. The summed E-state index contributed by atoms with van der Waals surface area (Å²) in [6.45, 7) is 7.49. The average molecular weight is 444 g/mol. The molecule has 27 heavy (non-hydrogen) atoms. The molecule has 0 aliphatic rings. The van der Waals surface area contributed by atoms with E-state index in [9.17, 15) is 0 Å². The van der Waals surface area contributed by atoms with Crippen LogP contribution in [-0.4, -0.2) is 49.0 Å². The number of alkyl halides is 1. The SMILES string of the molecule is C=Nc1c(N)nc(OCCCC)nc1N(CCCCCCCCBr)COC. The van der Waals surface area contributed by atoms with E-state index in [1.807, 2.05) is 4.90 Å². The van der Waals surface area contributed by atoms with Crippen LogP contribution in [0.25, 0.3) is 0 Å². The van der Waals surface area contributed by atoms with Crippen molar-refractivity contribution in [2.24, 2.45) is 4.99 Å². The van der Waals surface area contributed by atoms with E-state index in [0.717, 1.165) is 31.1 Å².